The molecule has 114 valence electrons. The standard InChI is InChI=1S/C24H18/c1-3-5-9-19-23(21-15-11-7-12-16-21)24(20-10-6-4-2)22-17-13-8-14-18-22/h7-8,11-18,23-24H,1-2H3/t23-,24+. The second-order valence-electron chi connectivity index (χ2n) is 5.07. The zero-order valence-corrected chi connectivity index (χ0v) is 13.9. The van der Waals surface area contributed by atoms with E-state index in [1.54, 1.807) is 13.8 Å². The van der Waals surface area contributed by atoms with Crippen molar-refractivity contribution in [3.8, 4) is 47.4 Å². The van der Waals surface area contributed by atoms with Gasteiger partial charge < -0.3 is 0 Å². The first-order valence-electron chi connectivity index (χ1n) is 7.81. The molecule has 0 unspecified atom stereocenters. The van der Waals surface area contributed by atoms with Gasteiger partial charge in [0, 0.05) is 0 Å². The lowest BCUT2D eigenvalue weighted by molar-refractivity contribution is 0.780. The van der Waals surface area contributed by atoms with E-state index in [1.165, 1.54) is 0 Å². The Morgan fingerprint density at radius 1 is 0.542 bits per heavy atom. The van der Waals surface area contributed by atoms with Gasteiger partial charge in [0.25, 0.3) is 0 Å². The van der Waals surface area contributed by atoms with E-state index in [0.29, 0.717) is 0 Å². The fraction of sp³-hybridized carbons (Fsp3) is 0.167. The minimum atomic E-state index is -0.0550. The fourth-order valence-electron chi connectivity index (χ4n) is 2.39. The van der Waals surface area contributed by atoms with Crippen LogP contribution in [-0.2, 0) is 0 Å². The van der Waals surface area contributed by atoms with E-state index in [0.717, 1.165) is 11.1 Å². The summed E-state index contributed by atoms with van der Waals surface area (Å²) in [7, 11) is 0. The largest absolute Gasteiger partial charge is 0.0925 e. The van der Waals surface area contributed by atoms with E-state index in [2.05, 4.69) is 71.6 Å². The maximum absolute atomic E-state index is 3.29. The molecule has 2 aromatic rings. The number of rotatable bonds is 3. The Bertz CT molecular complexity index is 810. The normalized spacial score (nSPS) is 10.9. The summed E-state index contributed by atoms with van der Waals surface area (Å²) < 4.78 is 0. The lowest BCUT2D eigenvalue weighted by Crippen LogP contribution is -2.08. The van der Waals surface area contributed by atoms with Crippen molar-refractivity contribution in [2.75, 3.05) is 0 Å². The number of benzene rings is 2. The van der Waals surface area contributed by atoms with Gasteiger partial charge in [-0.3, -0.25) is 0 Å². The van der Waals surface area contributed by atoms with Gasteiger partial charge in [0.1, 0.15) is 0 Å². The summed E-state index contributed by atoms with van der Waals surface area (Å²) in [5, 5.41) is 0. The molecular weight excluding hydrogens is 288 g/mol. The van der Waals surface area contributed by atoms with Crippen molar-refractivity contribution in [3.05, 3.63) is 71.8 Å². The summed E-state index contributed by atoms with van der Waals surface area (Å²) in [5.41, 5.74) is 2.27. The van der Waals surface area contributed by atoms with Crippen LogP contribution in [0.2, 0.25) is 0 Å². The van der Waals surface area contributed by atoms with E-state index in [1.807, 2.05) is 36.4 Å². The van der Waals surface area contributed by atoms with Gasteiger partial charge in [0.05, 0.1) is 11.8 Å². The average molecular weight is 306 g/mol. The van der Waals surface area contributed by atoms with Crippen molar-refractivity contribution in [2.24, 2.45) is 0 Å². The Kier molecular flexibility index (Phi) is 6.85. The highest BCUT2D eigenvalue weighted by atomic mass is 14.2. The molecule has 0 heteroatoms. The third-order valence-corrected chi connectivity index (χ3v) is 3.48. The molecule has 0 aliphatic heterocycles. The molecule has 0 spiro atoms. The second kappa shape index (κ2) is 9.65. The quantitative estimate of drug-likeness (QED) is 0.727. The van der Waals surface area contributed by atoms with Gasteiger partial charge in [0.15, 0.2) is 0 Å². The number of hydrogen-bond acceptors (Lipinski definition) is 0. The first kappa shape index (κ1) is 17.0. The van der Waals surface area contributed by atoms with Crippen LogP contribution in [0.25, 0.3) is 0 Å². The molecule has 0 saturated carbocycles. The minimum Gasteiger partial charge on any atom is -0.0925 e. The van der Waals surface area contributed by atoms with E-state index in [9.17, 15) is 0 Å². The molecule has 24 heavy (non-hydrogen) atoms. The predicted molar refractivity (Wildman–Crippen MR) is 101 cm³/mol. The van der Waals surface area contributed by atoms with Crippen LogP contribution in [0.15, 0.2) is 60.7 Å². The summed E-state index contributed by atoms with van der Waals surface area (Å²) in [5.74, 6) is 23.7. The summed E-state index contributed by atoms with van der Waals surface area (Å²) in [4.78, 5) is 0. The van der Waals surface area contributed by atoms with Crippen molar-refractivity contribution < 1.29 is 0 Å². The highest BCUT2D eigenvalue weighted by molar-refractivity contribution is 5.44. The summed E-state index contributed by atoms with van der Waals surface area (Å²) in [6.07, 6.45) is 0. The Labute approximate surface area is 145 Å². The topological polar surface area (TPSA) is 0 Å². The van der Waals surface area contributed by atoms with Gasteiger partial charge in [-0.2, -0.15) is 0 Å². The van der Waals surface area contributed by atoms with E-state index >= 15 is 0 Å². The molecular formula is C24H18. The smallest absolute Gasteiger partial charge is 0.0641 e. The van der Waals surface area contributed by atoms with Crippen LogP contribution in [0.1, 0.15) is 36.8 Å². The Morgan fingerprint density at radius 3 is 1.25 bits per heavy atom. The molecule has 0 heterocycles. The predicted octanol–water partition coefficient (Wildman–Crippen LogP) is 4.61. The van der Waals surface area contributed by atoms with Gasteiger partial charge in [-0.05, 0) is 48.7 Å². The van der Waals surface area contributed by atoms with Crippen molar-refractivity contribution in [1.29, 1.82) is 0 Å². The van der Waals surface area contributed by atoms with Crippen molar-refractivity contribution in [2.45, 2.75) is 25.7 Å². The minimum absolute atomic E-state index is 0.0550. The molecule has 0 aliphatic rings. The maximum Gasteiger partial charge on any atom is 0.0641 e. The van der Waals surface area contributed by atoms with Crippen LogP contribution in [0.3, 0.4) is 0 Å². The lowest BCUT2D eigenvalue weighted by Gasteiger charge is -2.19. The third-order valence-electron chi connectivity index (χ3n) is 3.48. The van der Waals surface area contributed by atoms with Crippen LogP contribution in [0, 0.1) is 47.4 Å². The molecule has 0 aromatic heterocycles. The average Bonchev–Trinajstić information content (AvgIpc) is 2.65. The van der Waals surface area contributed by atoms with Crippen LogP contribution >= 0.6 is 0 Å². The van der Waals surface area contributed by atoms with Crippen LogP contribution in [-0.4, -0.2) is 0 Å². The van der Waals surface area contributed by atoms with E-state index in [-0.39, 0.29) is 11.8 Å². The molecule has 0 nitrogen and oxygen atoms in total. The molecule has 0 saturated heterocycles. The van der Waals surface area contributed by atoms with E-state index < -0.39 is 0 Å². The molecule has 0 amide bonds. The third kappa shape index (κ3) is 4.85. The van der Waals surface area contributed by atoms with Crippen LogP contribution in [0.5, 0.6) is 0 Å². The van der Waals surface area contributed by atoms with Gasteiger partial charge in [-0.25, -0.2) is 0 Å². The van der Waals surface area contributed by atoms with Crippen molar-refractivity contribution >= 4 is 0 Å². The van der Waals surface area contributed by atoms with E-state index in [4.69, 9.17) is 0 Å². The summed E-state index contributed by atoms with van der Waals surface area (Å²) in [6, 6.07) is 20.5. The molecule has 2 rings (SSSR count). The second-order valence-corrected chi connectivity index (χ2v) is 5.07. The highest BCUT2D eigenvalue weighted by Crippen LogP contribution is 2.32. The molecule has 0 radical (unpaired) electrons. The maximum atomic E-state index is 3.29. The Morgan fingerprint density at radius 2 is 0.917 bits per heavy atom. The van der Waals surface area contributed by atoms with Gasteiger partial charge in [0.2, 0.25) is 0 Å². The van der Waals surface area contributed by atoms with Crippen molar-refractivity contribution in [1.82, 2.24) is 0 Å². The molecule has 0 bridgehead atoms. The van der Waals surface area contributed by atoms with Gasteiger partial charge in [-0.1, -0.05) is 84.3 Å². The number of hydrogen-bond donors (Lipinski definition) is 0. The zero-order chi connectivity index (χ0) is 17.0. The lowest BCUT2D eigenvalue weighted by atomic mass is 9.82. The van der Waals surface area contributed by atoms with Crippen molar-refractivity contribution in [3.63, 3.8) is 0 Å². The molecule has 0 aliphatic carbocycles. The van der Waals surface area contributed by atoms with Crippen LogP contribution in [0.4, 0.5) is 0 Å². The SMILES string of the molecule is CC#CC#C[C@H](c1ccccc1)[C@@H](C#CC#CC)c1ccccc1. The summed E-state index contributed by atoms with van der Waals surface area (Å²) >= 11 is 0. The van der Waals surface area contributed by atoms with Crippen LogP contribution < -0.4 is 0 Å². The first-order valence-corrected chi connectivity index (χ1v) is 7.81. The molecule has 2 aromatic carbocycles. The molecule has 2 atom stereocenters. The highest BCUT2D eigenvalue weighted by Gasteiger charge is 2.21. The van der Waals surface area contributed by atoms with Gasteiger partial charge >= 0.3 is 0 Å². The molecule has 0 N–H and O–H groups in total. The Balaban J connectivity index is 2.55. The van der Waals surface area contributed by atoms with Gasteiger partial charge in [-0.15, -0.1) is 0 Å². The zero-order valence-electron chi connectivity index (χ0n) is 13.9. The first-order chi connectivity index (χ1) is 11.9. The fourth-order valence-corrected chi connectivity index (χ4v) is 2.39. The Hall–Kier alpha value is -3.32. The monoisotopic (exact) mass is 306 g/mol. The molecule has 0 fully saturated rings. The summed E-state index contributed by atoms with van der Waals surface area (Å²) in [6.45, 7) is 3.58.